The molecule has 7 nitrogen and oxygen atoms in total. The zero-order chi connectivity index (χ0) is 28.3. The van der Waals surface area contributed by atoms with E-state index in [4.69, 9.17) is 9.84 Å². The Balaban J connectivity index is 0.000000375. The molecule has 2 aromatic rings. The second kappa shape index (κ2) is 15.2. The predicted octanol–water partition coefficient (Wildman–Crippen LogP) is 6.58. The molecule has 2 heterocycles. The van der Waals surface area contributed by atoms with Crippen molar-refractivity contribution in [3.05, 3.63) is 64.4 Å². The summed E-state index contributed by atoms with van der Waals surface area (Å²) in [4.78, 5) is 18.1. The third-order valence-electron chi connectivity index (χ3n) is 8.08. The zero-order valence-corrected chi connectivity index (χ0v) is 24.5. The number of nitrogens with zero attached hydrogens (tertiary/aromatic N) is 1. The zero-order valence-electron chi connectivity index (χ0n) is 24.5. The number of aliphatic hydroxyl groups is 1. The van der Waals surface area contributed by atoms with Gasteiger partial charge in [0.05, 0.1) is 24.2 Å². The summed E-state index contributed by atoms with van der Waals surface area (Å²) in [6.07, 6.45) is 14.7. The van der Waals surface area contributed by atoms with Crippen molar-refractivity contribution in [1.82, 2.24) is 20.5 Å². The van der Waals surface area contributed by atoms with E-state index in [1.165, 1.54) is 57.8 Å². The number of nitrogens with one attached hydrogen (secondary N) is 3. The quantitative estimate of drug-likeness (QED) is 0.139. The van der Waals surface area contributed by atoms with Crippen LogP contribution >= 0.6 is 0 Å². The number of ether oxygens (including phenoxy) is 1. The Morgan fingerprint density at radius 3 is 2.60 bits per heavy atom. The predicted molar refractivity (Wildman–Crippen MR) is 169 cm³/mol. The second-order valence-corrected chi connectivity index (χ2v) is 11.8. The lowest BCUT2D eigenvalue weighted by atomic mass is 10.0. The summed E-state index contributed by atoms with van der Waals surface area (Å²) in [5, 5.41) is 16.1. The largest absolute Gasteiger partial charge is 0.495 e. The number of aliphatic hydroxyl groups excluding tert-OH is 1. The van der Waals surface area contributed by atoms with Crippen molar-refractivity contribution >= 4 is 10.9 Å². The first-order valence-electron chi connectivity index (χ1n) is 15.5. The minimum Gasteiger partial charge on any atom is -0.495 e. The summed E-state index contributed by atoms with van der Waals surface area (Å²) < 4.78 is 6.22. The average molecular weight is 555 g/mol. The van der Waals surface area contributed by atoms with Gasteiger partial charge < -0.3 is 30.4 Å². The molecule has 1 saturated heterocycles. The minimum absolute atomic E-state index is 0. The third kappa shape index (κ3) is 9.92. The van der Waals surface area contributed by atoms with Gasteiger partial charge in [-0.2, -0.15) is 0 Å². The van der Waals surface area contributed by atoms with Crippen LogP contribution in [0.4, 0.5) is 0 Å². The molecule has 2 saturated carbocycles. The van der Waals surface area contributed by atoms with Crippen LogP contribution in [0.15, 0.2) is 47.7 Å². The van der Waals surface area contributed by atoms with Gasteiger partial charge in [-0.05, 0) is 88.6 Å². The molecule has 224 valence electrons. The first kappa shape index (κ1) is 30.0. The minimum atomic E-state index is 0. The molecule has 5 rings (SSSR count). The number of benzene rings is 1. The van der Waals surface area contributed by atoms with Crippen LogP contribution in [0.5, 0.6) is 5.75 Å². The van der Waals surface area contributed by atoms with Crippen molar-refractivity contribution in [2.45, 2.75) is 90.0 Å². The molecule has 0 unspecified atom stereocenters. The highest BCUT2D eigenvalue weighted by Crippen LogP contribution is 2.34. The Morgan fingerprint density at radius 1 is 1.12 bits per heavy atom. The molecule has 7 heteroatoms. The lowest BCUT2D eigenvalue weighted by Gasteiger charge is -2.20. The van der Waals surface area contributed by atoms with Crippen LogP contribution in [-0.4, -0.2) is 53.8 Å². The maximum atomic E-state index is 12.8. The van der Waals surface area contributed by atoms with Gasteiger partial charge in [-0.15, -0.1) is 0 Å². The standard InChI is InChI=1S/C24H34N2O2.C9H16N2O.2H2/c1-17-8-13-20-22(16-17)26-24(27)21(7-4-2-3-6-18-9-10-18)23(20)28-15-5-14-25-19-11-12-19;1-8(7-10-9(2)12)11-5-3-4-6-11;;/h8,13,16,18-19,25H,2-7,9-12,14-15H2,1H3,(H,26,27);10,12H,1-7H2;2*1H. The number of hydrogen-bond acceptors (Lipinski definition) is 6. The molecular weight excluding hydrogens is 500 g/mol. The molecule has 1 aromatic heterocycles. The second-order valence-electron chi connectivity index (χ2n) is 11.8. The highest BCUT2D eigenvalue weighted by molar-refractivity contribution is 5.86. The van der Waals surface area contributed by atoms with E-state index in [0.717, 1.165) is 84.3 Å². The normalized spacial score (nSPS) is 16.5. The molecule has 40 heavy (non-hydrogen) atoms. The van der Waals surface area contributed by atoms with Gasteiger partial charge in [-0.1, -0.05) is 44.7 Å². The molecule has 1 aromatic carbocycles. The van der Waals surface area contributed by atoms with Gasteiger partial charge in [0.25, 0.3) is 5.56 Å². The summed E-state index contributed by atoms with van der Waals surface area (Å²) in [5.41, 5.74) is 3.91. The number of rotatable bonds is 16. The van der Waals surface area contributed by atoms with Crippen molar-refractivity contribution in [3.8, 4) is 5.75 Å². The Bertz CT molecular complexity index is 1190. The monoisotopic (exact) mass is 554 g/mol. The molecule has 3 aliphatic rings. The fraction of sp³-hybridized carbons (Fsp3) is 0.606. The fourth-order valence-corrected chi connectivity index (χ4v) is 5.32. The molecule has 1 aliphatic heterocycles. The molecule has 0 spiro atoms. The Morgan fingerprint density at radius 2 is 1.90 bits per heavy atom. The Labute approximate surface area is 243 Å². The van der Waals surface area contributed by atoms with Gasteiger partial charge in [0, 0.05) is 33.1 Å². The molecule has 2 aliphatic carbocycles. The van der Waals surface area contributed by atoms with Gasteiger partial charge in [0.15, 0.2) is 5.88 Å². The van der Waals surface area contributed by atoms with E-state index in [9.17, 15) is 4.79 Å². The van der Waals surface area contributed by atoms with Gasteiger partial charge in [-0.25, -0.2) is 0 Å². The van der Waals surface area contributed by atoms with Crippen LogP contribution in [0.25, 0.3) is 10.9 Å². The summed E-state index contributed by atoms with van der Waals surface area (Å²) >= 11 is 0. The van der Waals surface area contributed by atoms with Crippen molar-refractivity contribution in [3.63, 3.8) is 0 Å². The number of aryl methyl sites for hydroxylation is 1. The molecular formula is C33H54N4O3. The van der Waals surface area contributed by atoms with Gasteiger partial charge in [0.2, 0.25) is 0 Å². The van der Waals surface area contributed by atoms with Gasteiger partial charge >= 0.3 is 0 Å². The number of unbranched alkanes of at least 4 members (excludes halogenated alkanes) is 2. The van der Waals surface area contributed by atoms with Gasteiger partial charge in [0.1, 0.15) is 5.75 Å². The van der Waals surface area contributed by atoms with Gasteiger partial charge in [-0.3, -0.25) is 4.79 Å². The van der Waals surface area contributed by atoms with Crippen LogP contribution in [0, 0.1) is 12.8 Å². The summed E-state index contributed by atoms with van der Waals surface area (Å²) in [7, 11) is 0. The van der Waals surface area contributed by atoms with Crippen molar-refractivity contribution < 1.29 is 12.7 Å². The number of likely N-dealkylation sites (tertiary alicyclic amines) is 1. The molecule has 3 fully saturated rings. The third-order valence-corrected chi connectivity index (χ3v) is 8.08. The summed E-state index contributed by atoms with van der Waals surface area (Å²) in [5.74, 6) is 1.82. The van der Waals surface area contributed by atoms with Crippen LogP contribution in [-0.2, 0) is 6.42 Å². The topological polar surface area (TPSA) is 89.6 Å². The van der Waals surface area contributed by atoms with E-state index in [1.807, 2.05) is 6.07 Å². The van der Waals surface area contributed by atoms with Crippen LogP contribution < -0.4 is 20.9 Å². The van der Waals surface area contributed by atoms with Crippen LogP contribution in [0.3, 0.4) is 0 Å². The van der Waals surface area contributed by atoms with E-state index in [-0.39, 0.29) is 14.3 Å². The first-order valence-corrected chi connectivity index (χ1v) is 15.5. The van der Waals surface area contributed by atoms with E-state index < -0.39 is 0 Å². The maximum Gasteiger partial charge on any atom is 0.255 e. The highest BCUT2D eigenvalue weighted by atomic mass is 16.5. The smallest absolute Gasteiger partial charge is 0.255 e. The average Bonchev–Trinajstić information content (AvgIpc) is 3.87. The number of H-pyrrole nitrogens is 1. The molecule has 0 atom stereocenters. The number of aromatic nitrogens is 1. The molecule has 4 N–H and O–H groups in total. The maximum absolute atomic E-state index is 12.8. The summed E-state index contributed by atoms with van der Waals surface area (Å²) in [6, 6.07) is 6.96. The van der Waals surface area contributed by atoms with Crippen molar-refractivity contribution in [2.24, 2.45) is 5.92 Å². The van der Waals surface area contributed by atoms with E-state index in [1.54, 1.807) is 0 Å². The lowest BCUT2D eigenvalue weighted by molar-refractivity contribution is 0.307. The first-order chi connectivity index (χ1) is 19.4. The number of fused-ring (bicyclic) bond motifs is 1. The lowest BCUT2D eigenvalue weighted by Crippen LogP contribution is -2.26. The molecule has 0 radical (unpaired) electrons. The fourth-order valence-electron chi connectivity index (χ4n) is 5.32. The number of pyridine rings is 1. The van der Waals surface area contributed by atoms with E-state index >= 15 is 0 Å². The van der Waals surface area contributed by atoms with Crippen LogP contribution in [0.1, 0.15) is 84.6 Å². The highest BCUT2D eigenvalue weighted by Gasteiger charge is 2.21. The Kier molecular flexibility index (Phi) is 11.4. The van der Waals surface area contributed by atoms with E-state index in [0.29, 0.717) is 13.2 Å². The SMILES string of the molecule is C=C(O)NCC(=C)N1CCCC1.Cc1ccc2c(OCCCNC3CC3)c(CCCCCC3CC3)c(=O)[nH]c2c1.[HH].[HH]. The van der Waals surface area contributed by atoms with E-state index in [2.05, 4.69) is 52.7 Å². The van der Waals surface area contributed by atoms with Crippen molar-refractivity contribution in [2.75, 3.05) is 32.8 Å². The Hall–Kier alpha value is -2.93. The molecule has 0 amide bonds. The number of hydrogen-bond donors (Lipinski definition) is 4. The van der Waals surface area contributed by atoms with Crippen LogP contribution in [0.2, 0.25) is 0 Å². The summed E-state index contributed by atoms with van der Waals surface area (Å²) in [6.45, 7) is 13.7. The van der Waals surface area contributed by atoms with Crippen molar-refractivity contribution in [1.29, 1.82) is 0 Å². The number of aromatic amines is 1. The molecule has 0 bridgehead atoms.